The fourth-order valence-electron chi connectivity index (χ4n) is 0.815. The molecule has 80 valence electrons. The standard InChI is InChI=1S/C9H20ClNO2/c1-9(10)3-4-11-5-6-13-8-7-12-2/h9,11H,3-8H2,1-2H3. The highest BCUT2D eigenvalue weighted by Crippen LogP contribution is 1.96. The maximum absolute atomic E-state index is 5.77. The van der Waals surface area contributed by atoms with E-state index in [1.165, 1.54) is 0 Å². The number of hydrogen-bond acceptors (Lipinski definition) is 3. The quantitative estimate of drug-likeness (QED) is 0.458. The first-order chi connectivity index (χ1) is 6.27. The monoisotopic (exact) mass is 209 g/mol. The summed E-state index contributed by atoms with van der Waals surface area (Å²) in [4.78, 5) is 0. The van der Waals surface area contributed by atoms with Crippen LogP contribution in [-0.2, 0) is 9.47 Å². The Labute approximate surface area is 85.7 Å². The van der Waals surface area contributed by atoms with Crippen LogP contribution < -0.4 is 5.32 Å². The van der Waals surface area contributed by atoms with E-state index in [9.17, 15) is 0 Å². The van der Waals surface area contributed by atoms with E-state index in [1.807, 2.05) is 6.92 Å². The van der Waals surface area contributed by atoms with Crippen molar-refractivity contribution >= 4 is 11.6 Å². The molecule has 0 aliphatic carbocycles. The van der Waals surface area contributed by atoms with Crippen LogP contribution in [0.15, 0.2) is 0 Å². The molecule has 0 rings (SSSR count). The second-order valence-corrected chi connectivity index (χ2v) is 3.67. The van der Waals surface area contributed by atoms with Crippen LogP contribution in [0.3, 0.4) is 0 Å². The van der Waals surface area contributed by atoms with Gasteiger partial charge < -0.3 is 14.8 Å². The van der Waals surface area contributed by atoms with Crippen molar-refractivity contribution in [1.82, 2.24) is 5.32 Å². The lowest BCUT2D eigenvalue weighted by molar-refractivity contribution is 0.0720. The molecule has 0 bridgehead atoms. The number of hydrogen-bond donors (Lipinski definition) is 1. The van der Waals surface area contributed by atoms with Crippen LogP contribution in [0.5, 0.6) is 0 Å². The number of methoxy groups -OCH3 is 1. The van der Waals surface area contributed by atoms with Crippen LogP contribution in [0.4, 0.5) is 0 Å². The molecule has 0 fully saturated rings. The van der Waals surface area contributed by atoms with E-state index in [2.05, 4.69) is 5.32 Å². The fraction of sp³-hybridized carbons (Fsp3) is 1.00. The molecule has 0 radical (unpaired) electrons. The van der Waals surface area contributed by atoms with Crippen molar-refractivity contribution in [1.29, 1.82) is 0 Å². The van der Waals surface area contributed by atoms with Gasteiger partial charge >= 0.3 is 0 Å². The van der Waals surface area contributed by atoms with E-state index in [4.69, 9.17) is 21.1 Å². The van der Waals surface area contributed by atoms with Crippen molar-refractivity contribution in [3.05, 3.63) is 0 Å². The lowest BCUT2D eigenvalue weighted by Crippen LogP contribution is -2.22. The first kappa shape index (κ1) is 13.2. The molecule has 13 heavy (non-hydrogen) atoms. The minimum Gasteiger partial charge on any atom is -0.382 e. The lowest BCUT2D eigenvalue weighted by Gasteiger charge is -2.06. The zero-order valence-corrected chi connectivity index (χ0v) is 9.27. The molecule has 4 heteroatoms. The van der Waals surface area contributed by atoms with Gasteiger partial charge in [-0.1, -0.05) is 0 Å². The second kappa shape index (κ2) is 10.3. The topological polar surface area (TPSA) is 30.5 Å². The summed E-state index contributed by atoms with van der Waals surface area (Å²) in [6, 6.07) is 0. The third-order valence-electron chi connectivity index (χ3n) is 1.57. The molecule has 0 aliphatic heterocycles. The van der Waals surface area contributed by atoms with Crippen LogP contribution in [0, 0.1) is 0 Å². The third kappa shape index (κ3) is 12.2. The number of alkyl halides is 1. The molecule has 0 aliphatic rings. The van der Waals surface area contributed by atoms with Crippen LogP contribution in [0.25, 0.3) is 0 Å². The van der Waals surface area contributed by atoms with Crippen molar-refractivity contribution < 1.29 is 9.47 Å². The Balaban J connectivity index is 2.84. The number of ether oxygens (including phenoxy) is 2. The second-order valence-electron chi connectivity index (χ2n) is 2.92. The van der Waals surface area contributed by atoms with Gasteiger partial charge in [-0.2, -0.15) is 0 Å². The average Bonchev–Trinajstić information content (AvgIpc) is 2.09. The van der Waals surface area contributed by atoms with Crippen LogP contribution >= 0.6 is 11.6 Å². The minimum absolute atomic E-state index is 0.252. The summed E-state index contributed by atoms with van der Waals surface area (Å²) in [6.07, 6.45) is 1.000. The molecule has 3 nitrogen and oxygen atoms in total. The maximum Gasteiger partial charge on any atom is 0.0700 e. The van der Waals surface area contributed by atoms with Crippen molar-refractivity contribution in [2.45, 2.75) is 18.7 Å². The average molecular weight is 210 g/mol. The largest absolute Gasteiger partial charge is 0.382 e. The molecule has 0 saturated carbocycles. The maximum atomic E-state index is 5.77. The number of nitrogens with one attached hydrogen (secondary N) is 1. The Morgan fingerprint density at radius 2 is 2.00 bits per heavy atom. The van der Waals surface area contributed by atoms with Gasteiger partial charge in [-0.25, -0.2) is 0 Å². The van der Waals surface area contributed by atoms with Gasteiger partial charge in [0, 0.05) is 19.0 Å². The highest BCUT2D eigenvalue weighted by Gasteiger charge is 1.94. The zero-order chi connectivity index (χ0) is 9.94. The lowest BCUT2D eigenvalue weighted by atomic mass is 10.3. The highest BCUT2D eigenvalue weighted by molar-refractivity contribution is 6.20. The highest BCUT2D eigenvalue weighted by atomic mass is 35.5. The van der Waals surface area contributed by atoms with Crippen LogP contribution in [0.2, 0.25) is 0 Å². The Hall–Kier alpha value is 0.170. The molecule has 0 aromatic heterocycles. The van der Waals surface area contributed by atoms with E-state index in [1.54, 1.807) is 7.11 Å². The van der Waals surface area contributed by atoms with E-state index in [0.29, 0.717) is 13.2 Å². The van der Waals surface area contributed by atoms with Gasteiger partial charge in [0.2, 0.25) is 0 Å². The van der Waals surface area contributed by atoms with Crippen molar-refractivity contribution in [3.63, 3.8) is 0 Å². The third-order valence-corrected chi connectivity index (χ3v) is 1.79. The van der Waals surface area contributed by atoms with Crippen LogP contribution in [0.1, 0.15) is 13.3 Å². The van der Waals surface area contributed by atoms with Crippen molar-refractivity contribution in [3.8, 4) is 0 Å². The summed E-state index contributed by atoms with van der Waals surface area (Å²) < 4.78 is 10.1. The van der Waals surface area contributed by atoms with Crippen molar-refractivity contribution in [2.75, 3.05) is 40.0 Å². The van der Waals surface area contributed by atoms with E-state index < -0.39 is 0 Å². The molecule has 1 atom stereocenters. The molecule has 0 saturated heterocycles. The van der Waals surface area contributed by atoms with E-state index >= 15 is 0 Å². The Kier molecular flexibility index (Phi) is 10.4. The molecular weight excluding hydrogens is 190 g/mol. The predicted molar refractivity (Wildman–Crippen MR) is 55.5 cm³/mol. The van der Waals surface area contributed by atoms with E-state index in [0.717, 1.165) is 26.1 Å². The Bertz CT molecular complexity index is 102. The van der Waals surface area contributed by atoms with Gasteiger partial charge in [-0.15, -0.1) is 11.6 Å². The SMILES string of the molecule is COCCOCCNCCC(C)Cl. The van der Waals surface area contributed by atoms with Gasteiger partial charge in [0.1, 0.15) is 0 Å². The summed E-state index contributed by atoms with van der Waals surface area (Å²) in [6.45, 7) is 5.91. The molecule has 0 spiro atoms. The number of rotatable bonds is 9. The molecular formula is C9H20ClNO2. The molecule has 0 heterocycles. The summed E-state index contributed by atoms with van der Waals surface area (Å²) in [5, 5.41) is 3.50. The van der Waals surface area contributed by atoms with Gasteiger partial charge in [0.25, 0.3) is 0 Å². The predicted octanol–water partition coefficient (Wildman–Crippen LogP) is 1.26. The first-order valence-electron chi connectivity index (χ1n) is 4.69. The normalized spacial score (nSPS) is 13.2. The van der Waals surface area contributed by atoms with Crippen LogP contribution in [-0.4, -0.2) is 45.4 Å². The van der Waals surface area contributed by atoms with Gasteiger partial charge in [-0.05, 0) is 19.9 Å². The summed E-state index contributed by atoms with van der Waals surface area (Å²) in [7, 11) is 1.67. The van der Waals surface area contributed by atoms with Gasteiger partial charge in [0.05, 0.1) is 19.8 Å². The van der Waals surface area contributed by atoms with Crippen molar-refractivity contribution in [2.24, 2.45) is 0 Å². The van der Waals surface area contributed by atoms with E-state index in [-0.39, 0.29) is 5.38 Å². The number of halogens is 1. The molecule has 0 amide bonds. The first-order valence-corrected chi connectivity index (χ1v) is 5.12. The smallest absolute Gasteiger partial charge is 0.0700 e. The molecule has 1 unspecified atom stereocenters. The summed E-state index contributed by atoms with van der Waals surface area (Å²) in [5.74, 6) is 0. The molecule has 0 aromatic rings. The minimum atomic E-state index is 0.252. The summed E-state index contributed by atoms with van der Waals surface area (Å²) in [5.41, 5.74) is 0. The molecule has 0 aromatic carbocycles. The summed E-state index contributed by atoms with van der Waals surface area (Å²) >= 11 is 5.77. The zero-order valence-electron chi connectivity index (χ0n) is 8.51. The van der Waals surface area contributed by atoms with Gasteiger partial charge in [0.15, 0.2) is 0 Å². The fourth-order valence-corrected chi connectivity index (χ4v) is 0.924. The molecule has 1 N–H and O–H groups in total. The van der Waals surface area contributed by atoms with Gasteiger partial charge in [-0.3, -0.25) is 0 Å². The Morgan fingerprint density at radius 1 is 1.23 bits per heavy atom. The Morgan fingerprint density at radius 3 is 2.62 bits per heavy atom.